The summed E-state index contributed by atoms with van der Waals surface area (Å²) in [5.74, 6) is 0.175. The van der Waals surface area contributed by atoms with E-state index >= 15 is 0 Å². The summed E-state index contributed by atoms with van der Waals surface area (Å²) < 4.78 is 44.8. The van der Waals surface area contributed by atoms with E-state index < -0.39 is 20.9 Å². The van der Waals surface area contributed by atoms with Crippen LogP contribution in [0, 0.1) is 5.82 Å². The van der Waals surface area contributed by atoms with Crippen molar-refractivity contribution in [1.82, 2.24) is 0 Å². The molecule has 128 valence electrons. The molecule has 1 atom stereocenters. The van der Waals surface area contributed by atoms with Gasteiger partial charge in [0.1, 0.15) is 16.8 Å². The Labute approximate surface area is 146 Å². The molecule has 0 saturated carbocycles. The number of methoxy groups -OCH3 is 1. The van der Waals surface area contributed by atoms with Crippen molar-refractivity contribution in [2.24, 2.45) is 0 Å². The first-order valence-electron chi connectivity index (χ1n) is 7.71. The third kappa shape index (κ3) is 3.56. The molecular formula is C20H17FO3S. The summed E-state index contributed by atoms with van der Waals surface area (Å²) in [5.41, 5.74) is 1.27. The first kappa shape index (κ1) is 17.2. The van der Waals surface area contributed by atoms with Gasteiger partial charge in [-0.15, -0.1) is 0 Å². The number of rotatable bonds is 5. The van der Waals surface area contributed by atoms with Crippen LogP contribution in [-0.2, 0) is 9.84 Å². The predicted molar refractivity (Wildman–Crippen MR) is 94.9 cm³/mol. The molecule has 0 heterocycles. The molecular weight excluding hydrogens is 339 g/mol. The maximum Gasteiger partial charge on any atom is 0.189 e. The SMILES string of the molecule is COc1ccc(C(c2ccccc2)S(=O)(=O)c2ccc(F)cc2)cc1. The molecule has 5 heteroatoms. The third-order valence-corrected chi connectivity index (χ3v) is 6.07. The monoisotopic (exact) mass is 356 g/mol. The number of benzene rings is 3. The minimum Gasteiger partial charge on any atom is -0.497 e. The normalized spacial score (nSPS) is 12.6. The van der Waals surface area contributed by atoms with Crippen molar-refractivity contribution < 1.29 is 17.5 Å². The van der Waals surface area contributed by atoms with Gasteiger partial charge in [-0.2, -0.15) is 0 Å². The van der Waals surface area contributed by atoms with Gasteiger partial charge in [-0.3, -0.25) is 0 Å². The van der Waals surface area contributed by atoms with Crippen molar-refractivity contribution in [2.45, 2.75) is 10.1 Å². The van der Waals surface area contributed by atoms with E-state index in [0.29, 0.717) is 16.9 Å². The minimum atomic E-state index is -3.75. The number of halogens is 1. The van der Waals surface area contributed by atoms with Gasteiger partial charge in [0, 0.05) is 0 Å². The summed E-state index contributed by atoms with van der Waals surface area (Å²) in [6, 6.07) is 20.8. The fourth-order valence-electron chi connectivity index (χ4n) is 2.72. The lowest BCUT2D eigenvalue weighted by Gasteiger charge is -2.19. The zero-order valence-corrected chi connectivity index (χ0v) is 14.4. The summed E-state index contributed by atoms with van der Waals surface area (Å²) in [5, 5.41) is -0.884. The molecule has 1 unspecified atom stereocenters. The molecule has 3 nitrogen and oxygen atoms in total. The van der Waals surface area contributed by atoms with Gasteiger partial charge < -0.3 is 4.74 Å². The molecule has 0 radical (unpaired) electrons. The van der Waals surface area contributed by atoms with Crippen molar-refractivity contribution in [1.29, 1.82) is 0 Å². The molecule has 0 saturated heterocycles. The molecule has 0 fully saturated rings. The van der Waals surface area contributed by atoms with Crippen LogP contribution in [-0.4, -0.2) is 15.5 Å². The van der Waals surface area contributed by atoms with Gasteiger partial charge in [0.2, 0.25) is 0 Å². The molecule has 3 aromatic carbocycles. The first-order chi connectivity index (χ1) is 12.0. The Morgan fingerprint density at radius 1 is 0.800 bits per heavy atom. The maximum atomic E-state index is 13.2. The second-order valence-electron chi connectivity index (χ2n) is 5.56. The van der Waals surface area contributed by atoms with Gasteiger partial charge in [0.05, 0.1) is 12.0 Å². The highest BCUT2D eigenvalue weighted by Gasteiger charge is 2.30. The van der Waals surface area contributed by atoms with Crippen LogP contribution < -0.4 is 4.74 Å². The Morgan fingerprint density at radius 3 is 1.92 bits per heavy atom. The quantitative estimate of drug-likeness (QED) is 0.637. The average molecular weight is 356 g/mol. The maximum absolute atomic E-state index is 13.2. The largest absolute Gasteiger partial charge is 0.497 e. The van der Waals surface area contributed by atoms with Gasteiger partial charge in [-0.1, -0.05) is 42.5 Å². The summed E-state index contributed by atoms with van der Waals surface area (Å²) in [6.45, 7) is 0. The van der Waals surface area contributed by atoms with E-state index in [0.717, 1.165) is 12.1 Å². The molecule has 0 amide bonds. The van der Waals surface area contributed by atoms with Crippen LogP contribution >= 0.6 is 0 Å². The molecule has 25 heavy (non-hydrogen) atoms. The van der Waals surface area contributed by atoms with Crippen LogP contribution in [0.1, 0.15) is 16.4 Å². The highest BCUT2D eigenvalue weighted by molar-refractivity contribution is 7.91. The molecule has 3 rings (SSSR count). The van der Waals surface area contributed by atoms with E-state index in [1.807, 2.05) is 6.07 Å². The Hall–Kier alpha value is -2.66. The average Bonchev–Trinajstić information content (AvgIpc) is 2.63. The lowest BCUT2D eigenvalue weighted by Crippen LogP contribution is -2.15. The van der Waals surface area contributed by atoms with Crippen molar-refractivity contribution in [3.05, 3.63) is 95.8 Å². The second-order valence-corrected chi connectivity index (χ2v) is 7.60. The number of hydrogen-bond donors (Lipinski definition) is 0. The summed E-state index contributed by atoms with van der Waals surface area (Å²) >= 11 is 0. The second kappa shape index (κ2) is 7.07. The van der Waals surface area contributed by atoms with E-state index in [-0.39, 0.29) is 4.90 Å². The van der Waals surface area contributed by atoms with Crippen molar-refractivity contribution in [2.75, 3.05) is 7.11 Å². The van der Waals surface area contributed by atoms with Gasteiger partial charge in [-0.05, 0) is 47.5 Å². The summed E-state index contributed by atoms with van der Waals surface area (Å²) in [4.78, 5) is 0.0820. The van der Waals surface area contributed by atoms with Crippen molar-refractivity contribution >= 4 is 9.84 Å². The van der Waals surface area contributed by atoms with Crippen LogP contribution in [0.15, 0.2) is 83.8 Å². The van der Waals surface area contributed by atoms with E-state index in [4.69, 9.17) is 4.74 Å². The van der Waals surface area contributed by atoms with Crippen LogP contribution in [0.4, 0.5) is 4.39 Å². The molecule has 3 aromatic rings. The van der Waals surface area contributed by atoms with Gasteiger partial charge in [0.25, 0.3) is 0 Å². The highest BCUT2D eigenvalue weighted by atomic mass is 32.2. The molecule has 0 spiro atoms. The van der Waals surface area contributed by atoms with Gasteiger partial charge >= 0.3 is 0 Å². The Morgan fingerprint density at radius 2 is 1.36 bits per heavy atom. The standard InChI is InChI=1S/C20H17FO3S/c1-24-18-11-7-16(8-12-18)20(15-5-3-2-4-6-15)25(22,23)19-13-9-17(21)10-14-19/h2-14,20H,1H3. The highest BCUT2D eigenvalue weighted by Crippen LogP contribution is 2.35. The zero-order chi connectivity index (χ0) is 17.9. The number of hydrogen-bond acceptors (Lipinski definition) is 3. The zero-order valence-electron chi connectivity index (χ0n) is 13.6. The minimum absolute atomic E-state index is 0.0820. The van der Waals surface area contributed by atoms with Crippen LogP contribution in [0.25, 0.3) is 0 Å². The predicted octanol–water partition coefficient (Wildman–Crippen LogP) is 4.40. The van der Waals surface area contributed by atoms with Gasteiger partial charge in [0.15, 0.2) is 9.84 Å². The molecule has 0 aliphatic heterocycles. The van der Waals surface area contributed by atoms with Crippen molar-refractivity contribution in [3.8, 4) is 5.75 Å². The van der Waals surface area contributed by atoms with E-state index in [2.05, 4.69) is 0 Å². The van der Waals surface area contributed by atoms with E-state index in [1.54, 1.807) is 55.6 Å². The fourth-order valence-corrected chi connectivity index (χ4v) is 4.54. The molecule has 0 N–H and O–H groups in total. The van der Waals surface area contributed by atoms with E-state index in [1.165, 1.54) is 12.1 Å². The van der Waals surface area contributed by atoms with Gasteiger partial charge in [-0.25, -0.2) is 12.8 Å². The lowest BCUT2D eigenvalue weighted by atomic mass is 10.0. The molecule has 0 aliphatic carbocycles. The van der Waals surface area contributed by atoms with Crippen LogP contribution in [0.2, 0.25) is 0 Å². The molecule has 0 aromatic heterocycles. The Balaban J connectivity index is 2.15. The van der Waals surface area contributed by atoms with Crippen molar-refractivity contribution in [3.63, 3.8) is 0 Å². The molecule has 0 aliphatic rings. The fraction of sp³-hybridized carbons (Fsp3) is 0.100. The van der Waals surface area contributed by atoms with Crippen LogP contribution in [0.3, 0.4) is 0 Å². The Bertz CT molecular complexity index is 934. The Kier molecular flexibility index (Phi) is 4.86. The van der Waals surface area contributed by atoms with Crippen LogP contribution in [0.5, 0.6) is 5.75 Å². The summed E-state index contributed by atoms with van der Waals surface area (Å²) in [7, 11) is -2.20. The molecule has 0 bridgehead atoms. The number of sulfone groups is 1. The lowest BCUT2D eigenvalue weighted by molar-refractivity contribution is 0.414. The first-order valence-corrected chi connectivity index (χ1v) is 9.25. The smallest absolute Gasteiger partial charge is 0.189 e. The topological polar surface area (TPSA) is 43.4 Å². The number of ether oxygens (including phenoxy) is 1. The third-order valence-electron chi connectivity index (χ3n) is 3.97. The summed E-state index contributed by atoms with van der Waals surface area (Å²) in [6.07, 6.45) is 0. The van der Waals surface area contributed by atoms with E-state index in [9.17, 15) is 12.8 Å².